The first kappa shape index (κ1) is 12.6. The maximum absolute atomic E-state index is 9.05. The first-order chi connectivity index (χ1) is 8.29. The summed E-state index contributed by atoms with van der Waals surface area (Å²) in [6.45, 7) is 3.58. The van der Waals surface area contributed by atoms with E-state index in [2.05, 4.69) is 42.6 Å². The summed E-state index contributed by atoms with van der Waals surface area (Å²) in [6, 6.07) is 11.1. The Bertz CT molecular complexity index is 332. The normalized spacial score (nSPS) is 18.9. The van der Waals surface area contributed by atoms with Crippen molar-refractivity contribution >= 4 is 0 Å². The summed E-state index contributed by atoms with van der Waals surface area (Å²) in [5.41, 5.74) is 1.77. The molecule has 1 aromatic rings. The van der Waals surface area contributed by atoms with Crippen LogP contribution in [0.15, 0.2) is 30.3 Å². The van der Waals surface area contributed by atoms with Crippen molar-refractivity contribution in [3.8, 4) is 0 Å². The molecule has 0 amide bonds. The van der Waals surface area contributed by atoms with E-state index < -0.39 is 0 Å². The summed E-state index contributed by atoms with van der Waals surface area (Å²) in [5.74, 6) is 0. The van der Waals surface area contributed by atoms with Gasteiger partial charge in [0.05, 0.1) is 0 Å². The number of nitrogens with one attached hydrogen (secondary N) is 1. The quantitative estimate of drug-likeness (QED) is 0.759. The fraction of sp³-hybridized carbons (Fsp3) is 0.600. The van der Waals surface area contributed by atoms with Crippen LogP contribution in [-0.2, 0) is 0 Å². The molecule has 0 radical (unpaired) electrons. The second-order valence-corrected chi connectivity index (χ2v) is 5.23. The van der Waals surface area contributed by atoms with Gasteiger partial charge in [-0.05, 0) is 36.7 Å². The standard InChI is InChI=1S/C15H23NO/c1-2-14(13-6-4-3-5-7-13)16-12-15(8-9-15)10-11-17/h3-7,14,16-17H,2,8-12H2,1H3. The van der Waals surface area contributed by atoms with E-state index in [-0.39, 0.29) is 0 Å². The van der Waals surface area contributed by atoms with Gasteiger partial charge in [-0.25, -0.2) is 0 Å². The zero-order chi connectivity index (χ0) is 12.1. The minimum absolute atomic E-state index is 0.323. The first-order valence-corrected chi connectivity index (χ1v) is 6.69. The van der Waals surface area contributed by atoms with Gasteiger partial charge in [0.1, 0.15) is 0 Å². The molecule has 2 heteroatoms. The molecular weight excluding hydrogens is 210 g/mol. The molecule has 1 fully saturated rings. The minimum Gasteiger partial charge on any atom is -0.396 e. The Morgan fingerprint density at radius 1 is 1.29 bits per heavy atom. The zero-order valence-corrected chi connectivity index (χ0v) is 10.7. The third-order valence-electron chi connectivity index (χ3n) is 3.93. The number of benzene rings is 1. The molecule has 94 valence electrons. The molecule has 0 bridgehead atoms. The molecule has 2 N–H and O–H groups in total. The van der Waals surface area contributed by atoms with Gasteiger partial charge in [-0.3, -0.25) is 0 Å². The average molecular weight is 233 g/mol. The number of aliphatic hydroxyl groups excluding tert-OH is 1. The van der Waals surface area contributed by atoms with Crippen molar-refractivity contribution in [3.05, 3.63) is 35.9 Å². The van der Waals surface area contributed by atoms with E-state index in [4.69, 9.17) is 5.11 Å². The lowest BCUT2D eigenvalue weighted by Crippen LogP contribution is -2.28. The van der Waals surface area contributed by atoms with Crippen molar-refractivity contribution in [2.24, 2.45) is 5.41 Å². The molecule has 17 heavy (non-hydrogen) atoms. The van der Waals surface area contributed by atoms with Gasteiger partial charge in [0.15, 0.2) is 0 Å². The van der Waals surface area contributed by atoms with E-state index in [0.717, 1.165) is 19.4 Å². The van der Waals surface area contributed by atoms with Crippen molar-refractivity contribution in [2.75, 3.05) is 13.2 Å². The van der Waals surface area contributed by atoms with E-state index in [1.54, 1.807) is 0 Å². The molecule has 1 aromatic carbocycles. The molecule has 1 aliphatic carbocycles. The van der Waals surface area contributed by atoms with Crippen molar-refractivity contribution in [1.29, 1.82) is 0 Å². The van der Waals surface area contributed by atoms with Gasteiger partial charge in [0, 0.05) is 19.2 Å². The van der Waals surface area contributed by atoms with Gasteiger partial charge < -0.3 is 10.4 Å². The van der Waals surface area contributed by atoms with E-state index in [9.17, 15) is 0 Å². The highest BCUT2D eigenvalue weighted by Crippen LogP contribution is 2.48. The van der Waals surface area contributed by atoms with Gasteiger partial charge in [-0.2, -0.15) is 0 Å². The summed E-state index contributed by atoms with van der Waals surface area (Å²) in [7, 11) is 0. The fourth-order valence-electron chi connectivity index (χ4n) is 2.45. The number of hydrogen-bond acceptors (Lipinski definition) is 2. The summed E-state index contributed by atoms with van der Waals surface area (Å²) >= 11 is 0. The molecule has 0 aliphatic heterocycles. The number of hydrogen-bond donors (Lipinski definition) is 2. The van der Waals surface area contributed by atoms with Crippen LogP contribution in [0.25, 0.3) is 0 Å². The molecule has 0 saturated heterocycles. The average Bonchev–Trinajstić information content (AvgIpc) is 3.12. The van der Waals surface area contributed by atoms with Crippen molar-refractivity contribution < 1.29 is 5.11 Å². The maximum atomic E-state index is 9.05. The highest BCUT2D eigenvalue weighted by molar-refractivity contribution is 5.18. The smallest absolute Gasteiger partial charge is 0.0436 e. The highest BCUT2D eigenvalue weighted by atomic mass is 16.3. The first-order valence-electron chi connectivity index (χ1n) is 6.69. The lowest BCUT2D eigenvalue weighted by molar-refractivity contribution is 0.242. The van der Waals surface area contributed by atoms with Gasteiger partial charge in [0.25, 0.3) is 0 Å². The highest BCUT2D eigenvalue weighted by Gasteiger charge is 2.41. The van der Waals surface area contributed by atoms with Crippen LogP contribution in [0, 0.1) is 5.41 Å². The van der Waals surface area contributed by atoms with E-state index in [0.29, 0.717) is 18.1 Å². The Labute approximate surface area is 104 Å². The topological polar surface area (TPSA) is 32.3 Å². The van der Waals surface area contributed by atoms with Crippen LogP contribution in [0.4, 0.5) is 0 Å². The van der Waals surface area contributed by atoms with Crippen LogP contribution in [-0.4, -0.2) is 18.3 Å². The van der Waals surface area contributed by atoms with Crippen molar-refractivity contribution in [3.63, 3.8) is 0 Å². The molecule has 2 nitrogen and oxygen atoms in total. The van der Waals surface area contributed by atoms with Gasteiger partial charge in [-0.1, -0.05) is 37.3 Å². The Morgan fingerprint density at radius 2 is 2.00 bits per heavy atom. The third kappa shape index (κ3) is 3.30. The molecule has 0 spiro atoms. The summed E-state index contributed by atoms with van der Waals surface area (Å²) < 4.78 is 0. The summed E-state index contributed by atoms with van der Waals surface area (Å²) in [6.07, 6.45) is 4.60. The van der Waals surface area contributed by atoms with Gasteiger partial charge >= 0.3 is 0 Å². The van der Waals surface area contributed by atoms with Crippen LogP contribution >= 0.6 is 0 Å². The van der Waals surface area contributed by atoms with Crippen LogP contribution in [0.1, 0.15) is 44.2 Å². The Balaban J connectivity index is 1.88. The maximum Gasteiger partial charge on any atom is 0.0436 e. The van der Waals surface area contributed by atoms with Gasteiger partial charge in [0.2, 0.25) is 0 Å². The molecule has 1 atom stereocenters. The molecular formula is C15H23NO. The summed E-state index contributed by atoms with van der Waals surface area (Å²) in [5, 5.41) is 12.7. The largest absolute Gasteiger partial charge is 0.396 e. The molecule has 1 saturated carbocycles. The van der Waals surface area contributed by atoms with E-state index >= 15 is 0 Å². The number of aliphatic hydroxyl groups is 1. The third-order valence-corrected chi connectivity index (χ3v) is 3.93. The Kier molecular flexibility index (Phi) is 4.19. The van der Waals surface area contributed by atoms with Crippen molar-refractivity contribution in [1.82, 2.24) is 5.32 Å². The van der Waals surface area contributed by atoms with Crippen LogP contribution in [0.2, 0.25) is 0 Å². The second kappa shape index (κ2) is 5.65. The molecule has 1 unspecified atom stereocenters. The predicted octanol–water partition coefficient (Wildman–Crippen LogP) is 2.89. The Morgan fingerprint density at radius 3 is 2.53 bits per heavy atom. The second-order valence-electron chi connectivity index (χ2n) is 5.23. The molecule has 0 aromatic heterocycles. The number of rotatable bonds is 7. The van der Waals surface area contributed by atoms with Gasteiger partial charge in [-0.15, -0.1) is 0 Å². The van der Waals surface area contributed by atoms with E-state index in [1.807, 2.05) is 0 Å². The molecule has 1 aliphatic rings. The Hall–Kier alpha value is -0.860. The fourth-order valence-corrected chi connectivity index (χ4v) is 2.45. The van der Waals surface area contributed by atoms with Crippen LogP contribution in [0.5, 0.6) is 0 Å². The van der Waals surface area contributed by atoms with Crippen LogP contribution in [0.3, 0.4) is 0 Å². The van der Waals surface area contributed by atoms with Crippen LogP contribution < -0.4 is 5.32 Å². The zero-order valence-electron chi connectivity index (χ0n) is 10.7. The lowest BCUT2D eigenvalue weighted by atomic mass is 10.00. The lowest BCUT2D eigenvalue weighted by Gasteiger charge is -2.21. The SMILES string of the molecule is CCC(NCC1(CCO)CC1)c1ccccc1. The monoisotopic (exact) mass is 233 g/mol. The molecule has 0 heterocycles. The predicted molar refractivity (Wildman–Crippen MR) is 70.8 cm³/mol. The molecule has 2 rings (SSSR count). The van der Waals surface area contributed by atoms with E-state index in [1.165, 1.54) is 18.4 Å². The summed E-state index contributed by atoms with van der Waals surface area (Å²) in [4.78, 5) is 0. The van der Waals surface area contributed by atoms with Crippen molar-refractivity contribution in [2.45, 2.75) is 38.6 Å². The minimum atomic E-state index is 0.323.